The van der Waals surface area contributed by atoms with E-state index in [-0.39, 0.29) is 11.9 Å². The third-order valence-electron chi connectivity index (χ3n) is 6.21. The normalized spacial score (nSPS) is 14.6. The van der Waals surface area contributed by atoms with Crippen molar-refractivity contribution in [3.05, 3.63) is 94.3 Å². The molecular formula is C26H29ClN2O. The first-order valence-corrected chi connectivity index (χ1v) is 11.2. The lowest BCUT2D eigenvalue weighted by Crippen LogP contribution is -2.41. The van der Waals surface area contributed by atoms with Gasteiger partial charge in [0.1, 0.15) is 0 Å². The summed E-state index contributed by atoms with van der Waals surface area (Å²) in [5.41, 5.74) is 4.43. The van der Waals surface area contributed by atoms with Crippen LogP contribution in [0.4, 0.5) is 0 Å². The number of nitrogens with zero attached hydrogens (tertiary/aromatic N) is 2. The molecule has 1 aliphatic rings. The van der Waals surface area contributed by atoms with Crippen molar-refractivity contribution in [1.29, 1.82) is 0 Å². The molecule has 1 aromatic heterocycles. The molecule has 30 heavy (non-hydrogen) atoms. The van der Waals surface area contributed by atoms with Crippen molar-refractivity contribution < 1.29 is 4.79 Å². The van der Waals surface area contributed by atoms with E-state index in [2.05, 4.69) is 59.0 Å². The lowest BCUT2D eigenvalue weighted by Gasteiger charge is -2.35. The van der Waals surface area contributed by atoms with Gasteiger partial charge >= 0.3 is 0 Å². The topological polar surface area (TPSA) is 25.2 Å². The molecule has 0 saturated heterocycles. The van der Waals surface area contributed by atoms with Crippen LogP contribution in [0.5, 0.6) is 0 Å². The van der Waals surface area contributed by atoms with Crippen LogP contribution in [-0.2, 0) is 13.1 Å². The van der Waals surface area contributed by atoms with Crippen LogP contribution in [0.2, 0.25) is 5.02 Å². The molecule has 1 saturated carbocycles. The predicted molar refractivity (Wildman–Crippen MR) is 123 cm³/mol. The van der Waals surface area contributed by atoms with Gasteiger partial charge in [0.05, 0.1) is 6.54 Å². The fourth-order valence-corrected chi connectivity index (χ4v) is 4.63. The van der Waals surface area contributed by atoms with Gasteiger partial charge in [-0.3, -0.25) is 4.79 Å². The first kappa shape index (κ1) is 20.7. The summed E-state index contributed by atoms with van der Waals surface area (Å²) in [5, 5.41) is 0.604. The summed E-state index contributed by atoms with van der Waals surface area (Å²) in [6.07, 6.45) is 7.90. The summed E-state index contributed by atoms with van der Waals surface area (Å²) in [4.78, 5) is 15.6. The summed E-state index contributed by atoms with van der Waals surface area (Å²) in [7, 11) is 0. The van der Waals surface area contributed by atoms with Gasteiger partial charge in [0.2, 0.25) is 0 Å². The second-order valence-electron chi connectivity index (χ2n) is 8.29. The molecule has 1 heterocycles. The number of benzene rings is 2. The maximum atomic E-state index is 13.5. The second-order valence-corrected chi connectivity index (χ2v) is 8.73. The van der Waals surface area contributed by atoms with E-state index in [4.69, 9.17) is 11.6 Å². The predicted octanol–water partition coefficient (Wildman–Crippen LogP) is 6.47. The van der Waals surface area contributed by atoms with E-state index < -0.39 is 0 Å². The Hall–Kier alpha value is -2.52. The summed E-state index contributed by atoms with van der Waals surface area (Å²) < 4.78 is 2.27. The highest BCUT2D eigenvalue weighted by molar-refractivity contribution is 6.30. The zero-order chi connectivity index (χ0) is 20.9. The Labute approximate surface area is 184 Å². The molecule has 2 aromatic carbocycles. The number of hydrogen-bond acceptors (Lipinski definition) is 1. The number of aryl methyl sites for hydroxylation is 1. The maximum absolute atomic E-state index is 13.5. The van der Waals surface area contributed by atoms with Crippen LogP contribution in [0.25, 0.3) is 0 Å². The van der Waals surface area contributed by atoms with Gasteiger partial charge in [-0.15, -0.1) is 0 Å². The average Bonchev–Trinajstić information content (AvgIpc) is 3.20. The van der Waals surface area contributed by atoms with E-state index >= 15 is 0 Å². The number of halogens is 1. The van der Waals surface area contributed by atoms with Gasteiger partial charge in [0.15, 0.2) is 0 Å². The highest BCUT2D eigenvalue weighted by Gasteiger charge is 2.27. The average molecular weight is 421 g/mol. The number of rotatable bonds is 6. The Balaban J connectivity index is 1.60. The van der Waals surface area contributed by atoms with Gasteiger partial charge in [-0.05, 0) is 61.2 Å². The van der Waals surface area contributed by atoms with Crippen molar-refractivity contribution in [1.82, 2.24) is 9.47 Å². The molecule has 0 radical (unpaired) electrons. The van der Waals surface area contributed by atoms with Gasteiger partial charge in [0, 0.05) is 35.1 Å². The fourth-order valence-electron chi connectivity index (χ4n) is 4.44. The molecule has 4 heteroatoms. The van der Waals surface area contributed by atoms with Gasteiger partial charge in [-0.2, -0.15) is 0 Å². The minimum absolute atomic E-state index is 0.0769. The van der Waals surface area contributed by atoms with Crippen molar-refractivity contribution >= 4 is 17.5 Å². The lowest BCUT2D eigenvalue weighted by molar-refractivity contribution is 0.0608. The standard InChI is InChI=1S/C26H29ClN2O/c1-20-9-5-6-10-22(20)18-28-16-8-15-25(28)19-29(24-13-3-2-4-14-24)26(30)21-11-7-12-23(27)17-21/h5-12,15-17,24H,2-4,13-14,18-19H2,1H3. The van der Waals surface area contributed by atoms with Crippen LogP contribution in [-0.4, -0.2) is 21.4 Å². The summed E-state index contributed by atoms with van der Waals surface area (Å²) in [5.74, 6) is 0.0769. The molecule has 0 bridgehead atoms. The minimum Gasteiger partial charge on any atom is -0.345 e. The molecule has 0 spiro atoms. The van der Waals surface area contributed by atoms with Gasteiger partial charge in [0.25, 0.3) is 5.91 Å². The molecule has 3 nitrogen and oxygen atoms in total. The molecular weight excluding hydrogens is 392 g/mol. The number of hydrogen-bond donors (Lipinski definition) is 0. The Morgan fingerprint density at radius 2 is 1.83 bits per heavy atom. The van der Waals surface area contributed by atoms with Gasteiger partial charge in [-0.25, -0.2) is 0 Å². The van der Waals surface area contributed by atoms with Gasteiger partial charge < -0.3 is 9.47 Å². The Bertz CT molecular complexity index is 1000. The van der Waals surface area contributed by atoms with E-state index in [0.29, 0.717) is 17.1 Å². The lowest BCUT2D eigenvalue weighted by atomic mass is 9.93. The monoisotopic (exact) mass is 420 g/mol. The summed E-state index contributed by atoms with van der Waals surface area (Å²) >= 11 is 6.18. The molecule has 1 aliphatic carbocycles. The molecule has 4 rings (SSSR count). The van der Waals surface area contributed by atoms with Crippen LogP contribution in [0.3, 0.4) is 0 Å². The molecule has 0 aliphatic heterocycles. The first-order valence-electron chi connectivity index (χ1n) is 10.9. The summed E-state index contributed by atoms with van der Waals surface area (Å²) in [6.45, 7) is 3.59. The van der Waals surface area contributed by atoms with Crippen molar-refractivity contribution in [3.63, 3.8) is 0 Å². The SMILES string of the molecule is Cc1ccccc1Cn1cccc1CN(C(=O)c1cccc(Cl)c1)C1CCCCC1. The summed E-state index contributed by atoms with van der Waals surface area (Å²) in [6, 6.07) is 20.3. The van der Waals surface area contributed by atoms with E-state index in [1.807, 2.05) is 18.2 Å². The largest absolute Gasteiger partial charge is 0.345 e. The Kier molecular flexibility index (Phi) is 6.59. The van der Waals surface area contributed by atoms with E-state index in [0.717, 1.165) is 19.4 Å². The smallest absolute Gasteiger partial charge is 0.254 e. The van der Waals surface area contributed by atoms with Crippen LogP contribution in [0.15, 0.2) is 66.9 Å². The van der Waals surface area contributed by atoms with Crippen molar-refractivity contribution in [3.8, 4) is 0 Å². The van der Waals surface area contributed by atoms with Crippen LogP contribution >= 0.6 is 11.6 Å². The third kappa shape index (κ3) is 4.79. The van der Waals surface area contributed by atoms with E-state index in [1.165, 1.54) is 36.1 Å². The highest BCUT2D eigenvalue weighted by atomic mass is 35.5. The fraction of sp³-hybridized carbons (Fsp3) is 0.346. The number of aromatic nitrogens is 1. The van der Waals surface area contributed by atoms with Crippen molar-refractivity contribution in [2.24, 2.45) is 0 Å². The van der Waals surface area contributed by atoms with Crippen molar-refractivity contribution in [2.45, 2.75) is 58.2 Å². The third-order valence-corrected chi connectivity index (χ3v) is 6.44. The number of carbonyl (C=O) groups excluding carboxylic acids is 1. The van der Waals surface area contributed by atoms with Gasteiger partial charge in [-0.1, -0.05) is 61.2 Å². The maximum Gasteiger partial charge on any atom is 0.254 e. The molecule has 1 fully saturated rings. The minimum atomic E-state index is 0.0769. The van der Waals surface area contributed by atoms with Crippen LogP contribution < -0.4 is 0 Å². The number of amides is 1. The highest BCUT2D eigenvalue weighted by Crippen LogP contribution is 2.27. The van der Waals surface area contributed by atoms with E-state index in [1.54, 1.807) is 6.07 Å². The van der Waals surface area contributed by atoms with Crippen LogP contribution in [0, 0.1) is 6.92 Å². The Morgan fingerprint density at radius 3 is 2.60 bits per heavy atom. The zero-order valence-electron chi connectivity index (χ0n) is 17.6. The Morgan fingerprint density at radius 1 is 1.03 bits per heavy atom. The molecule has 0 unspecified atom stereocenters. The first-order chi connectivity index (χ1) is 14.6. The quantitative estimate of drug-likeness (QED) is 0.448. The molecule has 0 N–H and O–H groups in total. The molecule has 0 atom stereocenters. The number of carbonyl (C=O) groups is 1. The second kappa shape index (κ2) is 9.53. The zero-order valence-corrected chi connectivity index (χ0v) is 18.3. The van der Waals surface area contributed by atoms with E-state index in [9.17, 15) is 4.79 Å². The van der Waals surface area contributed by atoms with Crippen molar-refractivity contribution in [2.75, 3.05) is 0 Å². The molecule has 156 valence electrons. The molecule has 1 amide bonds. The van der Waals surface area contributed by atoms with Crippen LogP contribution in [0.1, 0.15) is 59.3 Å². The molecule has 3 aromatic rings.